The first-order valence-corrected chi connectivity index (χ1v) is 9.98. The molecule has 0 spiro atoms. The van der Waals surface area contributed by atoms with Crippen LogP contribution in [0, 0.1) is 0 Å². The Balaban J connectivity index is 2.30. The summed E-state index contributed by atoms with van der Waals surface area (Å²) in [5.74, 6) is 1.33. The van der Waals surface area contributed by atoms with Crippen molar-refractivity contribution in [1.82, 2.24) is 10.6 Å². The van der Waals surface area contributed by atoms with Crippen LogP contribution in [-0.2, 0) is 20.3 Å². The monoisotopic (exact) mass is 345 g/mol. The standard InChI is InChI=1S/C16H31N3O3S/c1-4-22-15(20)10-7-11-18-16(17-3)19-13-8-6-9-14(12-13)23(21)5-2/h13-14H,4-12H2,1-3H3,(H2,17,18,19). The van der Waals surface area contributed by atoms with Crippen LogP contribution >= 0.6 is 0 Å². The van der Waals surface area contributed by atoms with E-state index >= 15 is 0 Å². The van der Waals surface area contributed by atoms with Crippen LogP contribution in [0.3, 0.4) is 0 Å². The van der Waals surface area contributed by atoms with Crippen LogP contribution in [0.2, 0.25) is 0 Å². The molecule has 6 nitrogen and oxygen atoms in total. The highest BCUT2D eigenvalue weighted by atomic mass is 32.2. The Morgan fingerprint density at radius 2 is 2.13 bits per heavy atom. The van der Waals surface area contributed by atoms with E-state index in [4.69, 9.17) is 4.74 Å². The molecule has 0 aromatic carbocycles. The van der Waals surface area contributed by atoms with Crippen LogP contribution in [0.15, 0.2) is 4.99 Å². The van der Waals surface area contributed by atoms with Gasteiger partial charge in [-0.1, -0.05) is 13.3 Å². The van der Waals surface area contributed by atoms with E-state index in [1.165, 1.54) is 0 Å². The van der Waals surface area contributed by atoms with E-state index in [9.17, 15) is 9.00 Å². The highest BCUT2D eigenvalue weighted by molar-refractivity contribution is 7.85. The largest absolute Gasteiger partial charge is 0.466 e. The van der Waals surface area contributed by atoms with Gasteiger partial charge in [0, 0.05) is 47.9 Å². The zero-order valence-electron chi connectivity index (χ0n) is 14.6. The van der Waals surface area contributed by atoms with Gasteiger partial charge >= 0.3 is 5.97 Å². The molecule has 0 bridgehead atoms. The van der Waals surface area contributed by atoms with Crippen LogP contribution in [0.25, 0.3) is 0 Å². The van der Waals surface area contributed by atoms with Crippen molar-refractivity contribution in [1.29, 1.82) is 0 Å². The fourth-order valence-corrected chi connectivity index (χ4v) is 4.16. The second-order valence-electron chi connectivity index (χ2n) is 5.71. The third-order valence-electron chi connectivity index (χ3n) is 4.00. The van der Waals surface area contributed by atoms with Gasteiger partial charge in [0.25, 0.3) is 0 Å². The molecule has 1 fully saturated rings. The summed E-state index contributed by atoms with van der Waals surface area (Å²) >= 11 is 0. The summed E-state index contributed by atoms with van der Waals surface area (Å²) in [5, 5.41) is 6.94. The van der Waals surface area contributed by atoms with Crippen LogP contribution in [-0.4, -0.2) is 53.4 Å². The van der Waals surface area contributed by atoms with Gasteiger partial charge in [-0.2, -0.15) is 0 Å². The Bertz CT molecular complexity index is 415. The average molecular weight is 346 g/mol. The smallest absolute Gasteiger partial charge is 0.305 e. The molecular formula is C16H31N3O3S. The summed E-state index contributed by atoms with van der Waals surface area (Å²) in [5.41, 5.74) is 0. The lowest BCUT2D eigenvalue weighted by Gasteiger charge is -2.30. The molecule has 0 amide bonds. The van der Waals surface area contributed by atoms with Gasteiger partial charge in [-0.15, -0.1) is 0 Å². The number of hydrogen-bond donors (Lipinski definition) is 2. The summed E-state index contributed by atoms with van der Waals surface area (Å²) in [6.45, 7) is 4.90. The molecule has 23 heavy (non-hydrogen) atoms. The van der Waals surface area contributed by atoms with Gasteiger partial charge in [-0.3, -0.25) is 14.0 Å². The zero-order chi connectivity index (χ0) is 17.1. The van der Waals surface area contributed by atoms with E-state index in [-0.39, 0.29) is 5.97 Å². The molecule has 3 unspecified atom stereocenters. The van der Waals surface area contributed by atoms with Crippen molar-refractivity contribution in [3.8, 4) is 0 Å². The molecular weight excluding hydrogens is 314 g/mol. The first-order valence-electron chi connectivity index (χ1n) is 8.60. The van der Waals surface area contributed by atoms with Crippen molar-refractivity contribution in [3.05, 3.63) is 0 Å². The number of hydrogen-bond acceptors (Lipinski definition) is 4. The first-order chi connectivity index (χ1) is 11.1. The number of nitrogens with one attached hydrogen (secondary N) is 2. The Hall–Kier alpha value is -1.11. The number of nitrogens with zero attached hydrogens (tertiary/aromatic N) is 1. The molecule has 3 atom stereocenters. The third-order valence-corrected chi connectivity index (χ3v) is 5.74. The number of rotatable bonds is 8. The van der Waals surface area contributed by atoms with Gasteiger partial charge < -0.3 is 15.4 Å². The summed E-state index contributed by atoms with van der Waals surface area (Å²) in [4.78, 5) is 15.5. The number of ether oxygens (including phenoxy) is 1. The van der Waals surface area contributed by atoms with E-state index < -0.39 is 10.8 Å². The number of aliphatic imine (C=N–C) groups is 1. The number of carbonyl (C=O) groups excluding carboxylic acids is 1. The predicted molar refractivity (Wildman–Crippen MR) is 95.1 cm³/mol. The van der Waals surface area contributed by atoms with Crippen molar-refractivity contribution in [2.24, 2.45) is 4.99 Å². The molecule has 1 rings (SSSR count). The Morgan fingerprint density at radius 3 is 2.78 bits per heavy atom. The van der Waals surface area contributed by atoms with Crippen molar-refractivity contribution >= 4 is 22.7 Å². The molecule has 0 aliphatic heterocycles. The molecule has 0 saturated heterocycles. The minimum Gasteiger partial charge on any atom is -0.466 e. The topological polar surface area (TPSA) is 79.8 Å². The summed E-state index contributed by atoms with van der Waals surface area (Å²) in [6, 6.07) is 0.320. The molecule has 0 aromatic rings. The van der Waals surface area contributed by atoms with Crippen LogP contribution in [0.1, 0.15) is 52.4 Å². The Morgan fingerprint density at radius 1 is 1.35 bits per heavy atom. The minimum absolute atomic E-state index is 0.158. The van der Waals surface area contributed by atoms with Crippen LogP contribution in [0.4, 0.5) is 0 Å². The van der Waals surface area contributed by atoms with Gasteiger partial charge in [-0.25, -0.2) is 0 Å². The van der Waals surface area contributed by atoms with E-state index in [1.54, 1.807) is 7.05 Å². The van der Waals surface area contributed by atoms with Gasteiger partial charge in [0.1, 0.15) is 0 Å². The van der Waals surface area contributed by atoms with E-state index in [0.29, 0.717) is 37.3 Å². The van der Waals surface area contributed by atoms with Gasteiger partial charge in [0.15, 0.2) is 5.96 Å². The zero-order valence-corrected chi connectivity index (χ0v) is 15.4. The van der Waals surface area contributed by atoms with Gasteiger partial charge in [0.05, 0.1) is 6.61 Å². The summed E-state index contributed by atoms with van der Waals surface area (Å²) < 4.78 is 16.9. The average Bonchev–Trinajstić information content (AvgIpc) is 2.57. The number of carbonyl (C=O) groups is 1. The molecule has 2 N–H and O–H groups in total. The molecule has 1 aliphatic rings. The highest BCUT2D eigenvalue weighted by Gasteiger charge is 2.25. The minimum atomic E-state index is -0.717. The fourth-order valence-electron chi connectivity index (χ4n) is 2.81. The van der Waals surface area contributed by atoms with Gasteiger partial charge in [-0.05, 0) is 32.6 Å². The maximum Gasteiger partial charge on any atom is 0.305 e. The highest BCUT2D eigenvalue weighted by Crippen LogP contribution is 2.22. The summed E-state index contributed by atoms with van der Waals surface area (Å²) in [6.07, 6.45) is 5.31. The summed E-state index contributed by atoms with van der Waals surface area (Å²) in [7, 11) is 1.02. The number of guanidine groups is 1. The van der Waals surface area contributed by atoms with Crippen molar-refractivity contribution in [2.75, 3.05) is 26.0 Å². The molecule has 0 aromatic heterocycles. The van der Waals surface area contributed by atoms with Gasteiger partial charge in [0.2, 0.25) is 0 Å². The maximum absolute atomic E-state index is 12.0. The van der Waals surface area contributed by atoms with Crippen molar-refractivity contribution in [3.63, 3.8) is 0 Å². The lowest BCUT2D eigenvalue weighted by atomic mass is 9.95. The van der Waals surface area contributed by atoms with Crippen molar-refractivity contribution in [2.45, 2.75) is 63.7 Å². The molecule has 1 aliphatic carbocycles. The lowest BCUT2D eigenvalue weighted by molar-refractivity contribution is -0.143. The molecule has 0 heterocycles. The third kappa shape index (κ3) is 7.81. The molecule has 1 saturated carbocycles. The first kappa shape index (κ1) is 19.9. The molecule has 0 radical (unpaired) electrons. The maximum atomic E-state index is 12.0. The van der Waals surface area contributed by atoms with Crippen LogP contribution in [0.5, 0.6) is 0 Å². The quantitative estimate of drug-likeness (QED) is 0.302. The molecule has 7 heteroatoms. The SMILES string of the molecule is CCOC(=O)CCCNC(=NC)NC1CCCC(S(=O)CC)C1. The second kappa shape index (κ2) is 11.4. The molecule has 134 valence electrons. The van der Waals surface area contributed by atoms with E-state index in [2.05, 4.69) is 15.6 Å². The lowest BCUT2D eigenvalue weighted by Crippen LogP contribution is -2.46. The van der Waals surface area contributed by atoms with E-state index in [0.717, 1.165) is 37.4 Å². The predicted octanol–water partition coefficient (Wildman–Crippen LogP) is 1.57. The second-order valence-corrected chi connectivity index (χ2v) is 7.71. The van der Waals surface area contributed by atoms with Crippen molar-refractivity contribution < 1.29 is 13.7 Å². The Labute approximate surface area is 142 Å². The van der Waals surface area contributed by atoms with Crippen LogP contribution < -0.4 is 10.6 Å². The fraction of sp³-hybridized carbons (Fsp3) is 0.875. The Kier molecular flexibility index (Phi) is 9.91. The number of esters is 1. The van der Waals surface area contributed by atoms with E-state index in [1.807, 2.05) is 13.8 Å². The normalized spacial score (nSPS) is 23.2.